The first-order valence-electron chi connectivity index (χ1n) is 9.28. The van der Waals surface area contributed by atoms with E-state index in [1.54, 1.807) is 29.2 Å². The van der Waals surface area contributed by atoms with Crippen molar-refractivity contribution in [3.8, 4) is 0 Å². The fraction of sp³-hybridized carbons (Fsp3) is 0.474. The number of likely N-dealkylation sites (tertiary alicyclic amines) is 1. The first-order valence-corrected chi connectivity index (χ1v) is 9.28. The van der Waals surface area contributed by atoms with Crippen LogP contribution in [0.15, 0.2) is 33.9 Å². The number of carbonyl (C=O) groups excluding carboxylic acids is 2. The average molecular weight is 372 g/mol. The van der Waals surface area contributed by atoms with Crippen LogP contribution in [0.5, 0.6) is 0 Å². The van der Waals surface area contributed by atoms with E-state index in [4.69, 9.17) is 0 Å². The quantitative estimate of drug-likeness (QED) is 0.795. The number of hydrogen-bond donors (Lipinski definition) is 2. The zero-order valence-corrected chi connectivity index (χ0v) is 15.4. The van der Waals surface area contributed by atoms with Crippen LogP contribution in [0.1, 0.15) is 26.2 Å². The molecule has 2 N–H and O–H groups in total. The Bertz CT molecular complexity index is 954. The highest BCUT2D eigenvalue weighted by Crippen LogP contribution is 2.17. The molecule has 27 heavy (non-hydrogen) atoms. The second-order valence-electron chi connectivity index (χ2n) is 6.82. The van der Waals surface area contributed by atoms with Crippen LogP contribution in [-0.2, 0) is 16.1 Å². The number of nitrogens with one attached hydrogen (secondary N) is 2. The summed E-state index contributed by atoms with van der Waals surface area (Å²) in [5.74, 6) is -0.279. The van der Waals surface area contributed by atoms with Crippen LogP contribution in [-0.4, -0.2) is 46.1 Å². The van der Waals surface area contributed by atoms with Crippen molar-refractivity contribution in [3.63, 3.8) is 0 Å². The summed E-state index contributed by atoms with van der Waals surface area (Å²) >= 11 is 0. The zero-order valence-electron chi connectivity index (χ0n) is 15.4. The molecular weight excluding hydrogens is 348 g/mol. The molecule has 1 aliphatic heterocycles. The molecular formula is C19H24N4O4. The molecule has 1 aromatic heterocycles. The van der Waals surface area contributed by atoms with Gasteiger partial charge in [-0.05, 0) is 31.4 Å². The van der Waals surface area contributed by atoms with E-state index >= 15 is 0 Å². The molecule has 1 fully saturated rings. The van der Waals surface area contributed by atoms with Crippen LogP contribution in [0, 0.1) is 5.92 Å². The van der Waals surface area contributed by atoms with Gasteiger partial charge in [-0.15, -0.1) is 0 Å². The lowest BCUT2D eigenvalue weighted by Crippen LogP contribution is -2.45. The Morgan fingerprint density at radius 3 is 2.48 bits per heavy atom. The summed E-state index contributed by atoms with van der Waals surface area (Å²) < 4.78 is 1.06. The molecule has 2 aromatic rings. The van der Waals surface area contributed by atoms with E-state index in [2.05, 4.69) is 10.4 Å². The monoisotopic (exact) mass is 372 g/mol. The van der Waals surface area contributed by atoms with Crippen LogP contribution in [0.25, 0.3) is 10.8 Å². The average Bonchev–Trinajstić information content (AvgIpc) is 2.70. The third-order valence-corrected chi connectivity index (χ3v) is 4.94. The number of fused-ring (bicyclic) bond motifs is 1. The number of aromatic nitrogens is 2. The van der Waals surface area contributed by atoms with Crippen molar-refractivity contribution in [3.05, 3.63) is 45.0 Å². The van der Waals surface area contributed by atoms with E-state index in [1.165, 1.54) is 0 Å². The molecule has 144 valence electrons. The van der Waals surface area contributed by atoms with E-state index in [9.17, 15) is 19.2 Å². The molecule has 1 saturated heterocycles. The predicted molar refractivity (Wildman–Crippen MR) is 101 cm³/mol. The molecule has 0 bridgehead atoms. The van der Waals surface area contributed by atoms with Crippen LogP contribution >= 0.6 is 0 Å². The lowest BCUT2D eigenvalue weighted by molar-refractivity contribution is -0.136. The van der Waals surface area contributed by atoms with Gasteiger partial charge in [-0.25, -0.2) is 4.68 Å². The molecule has 0 unspecified atom stereocenters. The van der Waals surface area contributed by atoms with Gasteiger partial charge in [-0.1, -0.05) is 19.1 Å². The summed E-state index contributed by atoms with van der Waals surface area (Å²) in [7, 11) is 0. The van der Waals surface area contributed by atoms with Crippen LogP contribution in [0.2, 0.25) is 0 Å². The number of aromatic amines is 1. The molecule has 2 amide bonds. The topological polar surface area (TPSA) is 104 Å². The van der Waals surface area contributed by atoms with Gasteiger partial charge in [0.2, 0.25) is 11.8 Å². The molecule has 0 spiro atoms. The maximum atomic E-state index is 12.6. The Morgan fingerprint density at radius 2 is 1.81 bits per heavy atom. The van der Waals surface area contributed by atoms with Gasteiger partial charge in [0, 0.05) is 25.6 Å². The molecule has 3 rings (SSSR count). The number of carbonyl (C=O) groups is 2. The lowest BCUT2D eigenvalue weighted by Gasteiger charge is -2.31. The first kappa shape index (κ1) is 18.9. The summed E-state index contributed by atoms with van der Waals surface area (Å²) in [5.41, 5.74) is -0.795. The van der Waals surface area contributed by atoms with E-state index < -0.39 is 11.1 Å². The number of benzene rings is 1. The summed E-state index contributed by atoms with van der Waals surface area (Å²) in [6.45, 7) is 3.38. The smallest absolute Gasteiger partial charge is 0.273 e. The van der Waals surface area contributed by atoms with Crippen LogP contribution in [0.4, 0.5) is 0 Å². The minimum atomic E-state index is -0.399. The van der Waals surface area contributed by atoms with Gasteiger partial charge < -0.3 is 10.2 Å². The van der Waals surface area contributed by atoms with E-state index in [0.29, 0.717) is 43.2 Å². The van der Waals surface area contributed by atoms with Gasteiger partial charge in [0.15, 0.2) is 0 Å². The SMILES string of the molecule is CCCNC(=O)C1CCN(C(=O)Cn2[nH]c(=O)c3ccccc3c2=O)CC1. The van der Waals surface area contributed by atoms with Crippen molar-refractivity contribution >= 4 is 22.6 Å². The molecule has 1 aromatic carbocycles. The standard InChI is InChI=1S/C19H24N4O4/c1-2-9-20-17(25)13-7-10-22(11-8-13)16(24)12-23-19(27)15-6-4-3-5-14(15)18(26)21-23/h3-6,13H,2,7-12H2,1H3,(H,20,25)(H,21,26). The summed E-state index contributed by atoms with van der Waals surface area (Å²) in [5, 5.41) is 5.97. The molecule has 0 saturated carbocycles. The number of piperidine rings is 1. The van der Waals surface area contributed by atoms with Gasteiger partial charge in [0.1, 0.15) is 6.54 Å². The van der Waals surface area contributed by atoms with Gasteiger partial charge in [-0.2, -0.15) is 0 Å². The number of H-pyrrole nitrogens is 1. The third-order valence-electron chi connectivity index (χ3n) is 4.94. The highest BCUT2D eigenvalue weighted by Gasteiger charge is 2.27. The second kappa shape index (κ2) is 8.20. The third kappa shape index (κ3) is 4.10. The van der Waals surface area contributed by atoms with Crippen molar-refractivity contribution < 1.29 is 9.59 Å². The summed E-state index contributed by atoms with van der Waals surface area (Å²) in [6, 6.07) is 6.53. The minimum absolute atomic E-state index is 0.0408. The Kier molecular flexibility index (Phi) is 5.73. The summed E-state index contributed by atoms with van der Waals surface area (Å²) in [6.07, 6.45) is 2.09. The van der Waals surface area contributed by atoms with Crippen molar-refractivity contribution in [1.29, 1.82) is 0 Å². The first-order chi connectivity index (χ1) is 13.0. The molecule has 1 aliphatic rings. The van der Waals surface area contributed by atoms with Crippen molar-refractivity contribution in [2.45, 2.75) is 32.7 Å². The molecule has 0 aliphatic carbocycles. The number of amides is 2. The Labute approximate surface area is 156 Å². The summed E-state index contributed by atoms with van der Waals surface area (Å²) in [4.78, 5) is 50.9. The lowest BCUT2D eigenvalue weighted by atomic mass is 9.96. The minimum Gasteiger partial charge on any atom is -0.356 e. The van der Waals surface area contributed by atoms with Crippen LogP contribution in [0.3, 0.4) is 0 Å². The van der Waals surface area contributed by atoms with Crippen molar-refractivity contribution in [1.82, 2.24) is 20.0 Å². The number of nitrogens with zero attached hydrogens (tertiary/aromatic N) is 2. The van der Waals surface area contributed by atoms with E-state index in [1.807, 2.05) is 6.92 Å². The highest BCUT2D eigenvalue weighted by atomic mass is 16.2. The molecule has 2 heterocycles. The largest absolute Gasteiger partial charge is 0.356 e. The zero-order chi connectivity index (χ0) is 19.4. The normalized spacial score (nSPS) is 15.1. The second-order valence-corrected chi connectivity index (χ2v) is 6.82. The van der Waals surface area contributed by atoms with Crippen molar-refractivity contribution in [2.24, 2.45) is 5.92 Å². The fourth-order valence-corrected chi connectivity index (χ4v) is 3.38. The van der Waals surface area contributed by atoms with E-state index in [-0.39, 0.29) is 24.3 Å². The molecule has 8 nitrogen and oxygen atoms in total. The Morgan fingerprint density at radius 1 is 1.15 bits per heavy atom. The molecule has 8 heteroatoms. The van der Waals surface area contributed by atoms with Gasteiger partial charge in [-0.3, -0.25) is 24.3 Å². The van der Waals surface area contributed by atoms with Gasteiger partial charge in [0.25, 0.3) is 11.1 Å². The van der Waals surface area contributed by atoms with Gasteiger partial charge >= 0.3 is 0 Å². The van der Waals surface area contributed by atoms with Gasteiger partial charge in [0.05, 0.1) is 10.8 Å². The van der Waals surface area contributed by atoms with E-state index in [0.717, 1.165) is 11.1 Å². The predicted octanol–water partition coefficient (Wildman–Crippen LogP) is 0.455. The van der Waals surface area contributed by atoms with Crippen LogP contribution < -0.4 is 16.4 Å². The number of rotatable bonds is 5. The number of hydrogen-bond acceptors (Lipinski definition) is 4. The maximum absolute atomic E-state index is 12.6. The highest BCUT2D eigenvalue weighted by molar-refractivity contribution is 5.81. The Balaban J connectivity index is 1.66. The Hall–Kier alpha value is -2.90. The molecule has 0 radical (unpaired) electrons. The fourth-order valence-electron chi connectivity index (χ4n) is 3.38. The molecule has 0 atom stereocenters. The maximum Gasteiger partial charge on any atom is 0.273 e. The van der Waals surface area contributed by atoms with Crippen molar-refractivity contribution in [2.75, 3.05) is 19.6 Å².